The largest absolute Gasteiger partial charge is 0.377 e. The van der Waals surface area contributed by atoms with Crippen LogP contribution < -0.4 is 0 Å². The van der Waals surface area contributed by atoms with E-state index in [1.807, 2.05) is 6.92 Å². The normalized spacial score (nSPS) is 32.0. The fourth-order valence-corrected chi connectivity index (χ4v) is 1.50. The van der Waals surface area contributed by atoms with Crippen molar-refractivity contribution >= 4 is 6.41 Å². The molecule has 1 amide bonds. The van der Waals surface area contributed by atoms with Crippen molar-refractivity contribution in [2.24, 2.45) is 0 Å². The van der Waals surface area contributed by atoms with E-state index in [-0.39, 0.29) is 5.60 Å². The van der Waals surface area contributed by atoms with Crippen molar-refractivity contribution in [3.63, 3.8) is 0 Å². The van der Waals surface area contributed by atoms with E-state index < -0.39 is 0 Å². The predicted octanol–water partition coefficient (Wildman–Crippen LogP) is 0.644. The Labute approximate surface area is 67.3 Å². The maximum atomic E-state index is 10.4. The van der Waals surface area contributed by atoms with Crippen LogP contribution in [-0.4, -0.2) is 37.1 Å². The number of methoxy groups -OCH3 is 1. The van der Waals surface area contributed by atoms with Crippen LogP contribution in [0.3, 0.4) is 0 Å². The molecule has 1 atom stereocenters. The molecule has 64 valence electrons. The second-order valence-electron chi connectivity index (χ2n) is 3.33. The molecule has 1 rings (SSSR count). The number of ether oxygens (including phenoxy) is 1. The second kappa shape index (κ2) is 3.22. The van der Waals surface area contributed by atoms with Crippen LogP contribution in [0.5, 0.6) is 0 Å². The molecule has 1 heterocycles. The lowest BCUT2D eigenvalue weighted by molar-refractivity contribution is -0.126. The summed E-state index contributed by atoms with van der Waals surface area (Å²) in [7, 11) is 1.70. The van der Waals surface area contributed by atoms with Gasteiger partial charge in [-0.3, -0.25) is 4.79 Å². The van der Waals surface area contributed by atoms with Gasteiger partial charge in [-0.15, -0.1) is 0 Å². The van der Waals surface area contributed by atoms with Crippen LogP contribution in [-0.2, 0) is 9.53 Å². The molecule has 11 heavy (non-hydrogen) atoms. The van der Waals surface area contributed by atoms with Crippen LogP contribution >= 0.6 is 0 Å². The number of carbonyl (C=O) groups is 1. The van der Waals surface area contributed by atoms with Crippen molar-refractivity contribution in [2.45, 2.75) is 25.4 Å². The fourth-order valence-electron chi connectivity index (χ4n) is 1.50. The summed E-state index contributed by atoms with van der Waals surface area (Å²) in [6, 6.07) is 0. The van der Waals surface area contributed by atoms with Gasteiger partial charge in [0.1, 0.15) is 0 Å². The van der Waals surface area contributed by atoms with Crippen LogP contribution in [0.1, 0.15) is 19.8 Å². The molecule has 0 aromatic rings. The first-order valence-electron chi connectivity index (χ1n) is 3.95. The Morgan fingerprint density at radius 2 is 2.36 bits per heavy atom. The highest BCUT2D eigenvalue weighted by Gasteiger charge is 2.29. The third-order valence-corrected chi connectivity index (χ3v) is 2.33. The topological polar surface area (TPSA) is 29.5 Å². The Morgan fingerprint density at radius 1 is 1.64 bits per heavy atom. The van der Waals surface area contributed by atoms with Crippen LogP contribution in [0.2, 0.25) is 0 Å². The van der Waals surface area contributed by atoms with Crippen LogP contribution in [0.15, 0.2) is 0 Å². The van der Waals surface area contributed by atoms with Gasteiger partial charge in [0.05, 0.1) is 5.60 Å². The number of hydrogen-bond donors (Lipinski definition) is 0. The summed E-state index contributed by atoms with van der Waals surface area (Å²) in [5.41, 5.74) is -0.112. The molecule has 1 unspecified atom stereocenters. The van der Waals surface area contributed by atoms with Crippen LogP contribution in [0, 0.1) is 0 Å². The Kier molecular flexibility index (Phi) is 2.49. The summed E-state index contributed by atoms with van der Waals surface area (Å²) >= 11 is 0. The van der Waals surface area contributed by atoms with Crippen molar-refractivity contribution in [1.29, 1.82) is 0 Å². The Hall–Kier alpha value is -0.570. The zero-order valence-corrected chi connectivity index (χ0v) is 7.17. The summed E-state index contributed by atoms with van der Waals surface area (Å²) in [4.78, 5) is 12.2. The average molecular weight is 157 g/mol. The number of amides is 1. The average Bonchev–Trinajstić information content (AvgIpc) is 2.05. The Balaban J connectivity index is 2.51. The van der Waals surface area contributed by atoms with E-state index in [0.717, 1.165) is 32.3 Å². The highest BCUT2D eigenvalue weighted by Crippen LogP contribution is 2.22. The van der Waals surface area contributed by atoms with Crippen molar-refractivity contribution in [3.05, 3.63) is 0 Å². The monoisotopic (exact) mass is 157 g/mol. The van der Waals surface area contributed by atoms with E-state index in [0.29, 0.717) is 0 Å². The molecule has 0 radical (unpaired) electrons. The molecule has 0 aliphatic carbocycles. The Morgan fingerprint density at radius 3 is 2.91 bits per heavy atom. The van der Waals surface area contributed by atoms with E-state index >= 15 is 0 Å². The molecule has 1 saturated heterocycles. The number of piperidine rings is 1. The second-order valence-corrected chi connectivity index (χ2v) is 3.33. The van der Waals surface area contributed by atoms with Gasteiger partial charge >= 0.3 is 0 Å². The molecule has 3 heteroatoms. The molecule has 0 bridgehead atoms. The number of nitrogens with zero attached hydrogens (tertiary/aromatic N) is 1. The van der Waals surface area contributed by atoms with Gasteiger partial charge in [0.15, 0.2) is 0 Å². The Bertz CT molecular complexity index is 149. The summed E-state index contributed by atoms with van der Waals surface area (Å²) in [5.74, 6) is 0. The number of rotatable bonds is 2. The van der Waals surface area contributed by atoms with E-state index in [1.54, 1.807) is 12.0 Å². The quantitative estimate of drug-likeness (QED) is 0.551. The molecule has 0 spiro atoms. The molecule has 1 aliphatic heterocycles. The predicted molar refractivity (Wildman–Crippen MR) is 42.3 cm³/mol. The molecule has 0 aromatic carbocycles. The zero-order chi connectivity index (χ0) is 8.32. The molecular formula is C8H15NO2. The minimum absolute atomic E-state index is 0.112. The van der Waals surface area contributed by atoms with Gasteiger partial charge in [0.2, 0.25) is 6.41 Å². The van der Waals surface area contributed by atoms with Crippen LogP contribution in [0.25, 0.3) is 0 Å². The number of hydrogen-bond acceptors (Lipinski definition) is 2. The molecule has 1 aliphatic rings. The van der Waals surface area contributed by atoms with Gasteiger partial charge in [-0.1, -0.05) is 0 Å². The van der Waals surface area contributed by atoms with Gasteiger partial charge in [-0.05, 0) is 19.8 Å². The van der Waals surface area contributed by atoms with Gasteiger partial charge in [0, 0.05) is 20.2 Å². The fraction of sp³-hybridized carbons (Fsp3) is 0.875. The van der Waals surface area contributed by atoms with Gasteiger partial charge < -0.3 is 9.64 Å². The van der Waals surface area contributed by atoms with E-state index in [2.05, 4.69) is 0 Å². The summed E-state index contributed by atoms with van der Waals surface area (Å²) in [6.45, 7) is 3.65. The lowest BCUT2D eigenvalue weighted by Crippen LogP contribution is -2.46. The summed E-state index contributed by atoms with van der Waals surface area (Å²) in [6.07, 6.45) is 2.99. The minimum atomic E-state index is -0.112. The first-order valence-corrected chi connectivity index (χ1v) is 3.95. The van der Waals surface area contributed by atoms with Gasteiger partial charge in [-0.25, -0.2) is 0 Å². The first-order chi connectivity index (χ1) is 5.20. The third kappa shape index (κ3) is 1.93. The van der Waals surface area contributed by atoms with Gasteiger partial charge in [-0.2, -0.15) is 0 Å². The molecule has 1 fully saturated rings. The van der Waals surface area contributed by atoms with E-state index in [9.17, 15) is 4.79 Å². The molecule has 0 N–H and O–H groups in total. The van der Waals surface area contributed by atoms with Crippen molar-refractivity contribution in [3.8, 4) is 0 Å². The van der Waals surface area contributed by atoms with Crippen LogP contribution in [0.4, 0.5) is 0 Å². The first kappa shape index (κ1) is 8.53. The molecule has 0 aromatic heterocycles. The number of carbonyl (C=O) groups excluding carboxylic acids is 1. The van der Waals surface area contributed by atoms with Crippen molar-refractivity contribution in [1.82, 2.24) is 4.90 Å². The van der Waals surface area contributed by atoms with Crippen molar-refractivity contribution in [2.75, 3.05) is 20.2 Å². The molecular weight excluding hydrogens is 142 g/mol. The lowest BCUT2D eigenvalue weighted by atomic mass is 9.95. The SMILES string of the molecule is COC1(C)CCCN(C=O)C1. The summed E-state index contributed by atoms with van der Waals surface area (Å²) in [5, 5.41) is 0. The van der Waals surface area contributed by atoms with E-state index in [1.165, 1.54) is 0 Å². The lowest BCUT2D eigenvalue weighted by Gasteiger charge is -2.37. The van der Waals surface area contributed by atoms with Gasteiger partial charge in [0.25, 0.3) is 0 Å². The highest BCUT2D eigenvalue weighted by molar-refractivity contribution is 5.47. The maximum Gasteiger partial charge on any atom is 0.209 e. The molecule has 0 saturated carbocycles. The van der Waals surface area contributed by atoms with Crippen molar-refractivity contribution < 1.29 is 9.53 Å². The minimum Gasteiger partial charge on any atom is -0.377 e. The number of likely N-dealkylation sites (tertiary alicyclic amines) is 1. The maximum absolute atomic E-state index is 10.4. The third-order valence-electron chi connectivity index (χ3n) is 2.33. The summed E-state index contributed by atoms with van der Waals surface area (Å²) < 4.78 is 5.31. The highest BCUT2D eigenvalue weighted by atomic mass is 16.5. The van der Waals surface area contributed by atoms with E-state index in [4.69, 9.17) is 4.74 Å². The smallest absolute Gasteiger partial charge is 0.209 e. The zero-order valence-electron chi connectivity index (χ0n) is 7.17. The molecule has 3 nitrogen and oxygen atoms in total. The standard InChI is InChI=1S/C8H15NO2/c1-8(11-2)4-3-5-9(6-8)7-10/h7H,3-6H2,1-2H3.